The molecular weight excluding hydrogens is 196 g/mol. The molecule has 1 saturated carbocycles. The Morgan fingerprint density at radius 2 is 2.14 bits per heavy atom. The summed E-state index contributed by atoms with van der Waals surface area (Å²) in [5.74, 6) is 0.938. The maximum atomic E-state index is 5.97. The normalized spacial score (nSPS) is 18.2. The molecule has 0 aliphatic heterocycles. The van der Waals surface area contributed by atoms with Gasteiger partial charge in [-0.15, -0.1) is 0 Å². The van der Waals surface area contributed by atoms with Gasteiger partial charge in [0.1, 0.15) is 11.0 Å². The molecule has 0 unspecified atom stereocenters. The Balaban J connectivity index is 2.32. The molecule has 0 radical (unpaired) electrons. The Labute approximate surface area is 89.7 Å². The summed E-state index contributed by atoms with van der Waals surface area (Å²) in [4.78, 5) is 8.87. The van der Waals surface area contributed by atoms with E-state index >= 15 is 0 Å². The van der Waals surface area contributed by atoms with Crippen LogP contribution < -0.4 is 0 Å². The van der Waals surface area contributed by atoms with Gasteiger partial charge in [0.15, 0.2) is 0 Å². The molecule has 3 heteroatoms. The van der Waals surface area contributed by atoms with Gasteiger partial charge in [-0.25, -0.2) is 9.97 Å². The van der Waals surface area contributed by atoms with Crippen LogP contribution in [0, 0.1) is 0 Å². The first-order chi connectivity index (χ1) is 6.64. The SMILES string of the molecule is CCCc1cc(Cl)nc(C2(C)CC2)n1. The summed E-state index contributed by atoms with van der Waals surface area (Å²) in [7, 11) is 0. The lowest BCUT2D eigenvalue weighted by molar-refractivity contribution is 0.693. The molecule has 0 saturated heterocycles. The van der Waals surface area contributed by atoms with E-state index in [4.69, 9.17) is 11.6 Å². The van der Waals surface area contributed by atoms with Gasteiger partial charge >= 0.3 is 0 Å². The summed E-state index contributed by atoms with van der Waals surface area (Å²) in [5, 5.41) is 0.589. The molecule has 1 aromatic heterocycles. The first-order valence-electron chi connectivity index (χ1n) is 5.18. The minimum absolute atomic E-state index is 0.216. The molecule has 0 N–H and O–H groups in total. The molecule has 0 amide bonds. The molecule has 1 heterocycles. The van der Waals surface area contributed by atoms with Crippen molar-refractivity contribution in [3.8, 4) is 0 Å². The van der Waals surface area contributed by atoms with Gasteiger partial charge in [0, 0.05) is 11.1 Å². The second-order valence-electron chi connectivity index (χ2n) is 4.32. The smallest absolute Gasteiger partial charge is 0.136 e. The van der Waals surface area contributed by atoms with Crippen molar-refractivity contribution < 1.29 is 0 Å². The number of nitrogens with zero attached hydrogens (tertiary/aromatic N) is 2. The van der Waals surface area contributed by atoms with Crippen LogP contribution in [0.3, 0.4) is 0 Å². The van der Waals surface area contributed by atoms with Crippen molar-refractivity contribution in [1.29, 1.82) is 0 Å². The van der Waals surface area contributed by atoms with Gasteiger partial charge in [0.2, 0.25) is 0 Å². The van der Waals surface area contributed by atoms with E-state index in [9.17, 15) is 0 Å². The van der Waals surface area contributed by atoms with Crippen LogP contribution in [0.15, 0.2) is 6.07 Å². The summed E-state index contributed by atoms with van der Waals surface area (Å²) >= 11 is 5.97. The number of rotatable bonds is 3. The van der Waals surface area contributed by atoms with Crippen LogP contribution in [0.25, 0.3) is 0 Å². The summed E-state index contributed by atoms with van der Waals surface area (Å²) in [6, 6.07) is 1.88. The van der Waals surface area contributed by atoms with Gasteiger partial charge in [-0.2, -0.15) is 0 Å². The molecule has 2 rings (SSSR count). The van der Waals surface area contributed by atoms with E-state index in [-0.39, 0.29) is 5.41 Å². The van der Waals surface area contributed by atoms with Gasteiger partial charge < -0.3 is 0 Å². The van der Waals surface area contributed by atoms with E-state index in [1.165, 1.54) is 12.8 Å². The van der Waals surface area contributed by atoms with E-state index in [2.05, 4.69) is 23.8 Å². The van der Waals surface area contributed by atoms with E-state index in [1.54, 1.807) is 0 Å². The Bertz CT molecular complexity index is 345. The fraction of sp³-hybridized carbons (Fsp3) is 0.636. The number of hydrogen-bond donors (Lipinski definition) is 0. The first-order valence-corrected chi connectivity index (χ1v) is 5.56. The lowest BCUT2D eigenvalue weighted by Gasteiger charge is -2.08. The van der Waals surface area contributed by atoms with Crippen molar-refractivity contribution in [3.63, 3.8) is 0 Å². The monoisotopic (exact) mass is 210 g/mol. The van der Waals surface area contributed by atoms with Crippen LogP contribution >= 0.6 is 11.6 Å². The largest absolute Gasteiger partial charge is 0.237 e. The Kier molecular flexibility index (Phi) is 2.48. The molecular formula is C11H15ClN2. The summed E-state index contributed by atoms with van der Waals surface area (Å²) < 4.78 is 0. The molecule has 14 heavy (non-hydrogen) atoms. The van der Waals surface area contributed by atoms with Crippen molar-refractivity contribution in [2.75, 3.05) is 0 Å². The molecule has 2 nitrogen and oxygen atoms in total. The van der Waals surface area contributed by atoms with Crippen molar-refractivity contribution >= 4 is 11.6 Å². The zero-order chi connectivity index (χ0) is 10.2. The highest BCUT2D eigenvalue weighted by molar-refractivity contribution is 6.29. The molecule has 0 bridgehead atoms. The van der Waals surface area contributed by atoms with Gasteiger partial charge in [-0.1, -0.05) is 31.9 Å². The van der Waals surface area contributed by atoms with Crippen LogP contribution in [0.4, 0.5) is 0 Å². The van der Waals surface area contributed by atoms with Crippen LogP contribution in [-0.4, -0.2) is 9.97 Å². The number of aryl methyl sites for hydroxylation is 1. The topological polar surface area (TPSA) is 25.8 Å². The average Bonchev–Trinajstić information content (AvgIpc) is 2.85. The quantitative estimate of drug-likeness (QED) is 0.717. The maximum Gasteiger partial charge on any atom is 0.136 e. The summed E-state index contributed by atoms with van der Waals surface area (Å²) in [6.45, 7) is 4.35. The van der Waals surface area contributed by atoms with Crippen molar-refractivity contribution in [3.05, 3.63) is 22.7 Å². The van der Waals surface area contributed by atoms with Crippen LogP contribution in [-0.2, 0) is 11.8 Å². The minimum atomic E-state index is 0.216. The third-order valence-corrected chi connectivity index (χ3v) is 2.99. The standard InChI is InChI=1S/C11H15ClN2/c1-3-4-8-7-9(12)14-10(13-8)11(2)5-6-11/h7H,3-6H2,1-2H3. The Morgan fingerprint density at radius 3 is 2.71 bits per heavy atom. The molecule has 0 aromatic carbocycles. The molecule has 1 fully saturated rings. The van der Waals surface area contributed by atoms with Crippen molar-refractivity contribution in [2.24, 2.45) is 0 Å². The molecule has 0 atom stereocenters. The van der Waals surface area contributed by atoms with Gasteiger partial charge in [0.05, 0.1) is 0 Å². The molecule has 76 valence electrons. The fourth-order valence-corrected chi connectivity index (χ4v) is 1.74. The first kappa shape index (κ1) is 9.91. The lowest BCUT2D eigenvalue weighted by atomic mass is 10.1. The zero-order valence-corrected chi connectivity index (χ0v) is 9.43. The molecule has 1 aliphatic carbocycles. The maximum absolute atomic E-state index is 5.97. The predicted octanol–water partition coefficient (Wildman–Crippen LogP) is 3.13. The van der Waals surface area contributed by atoms with Gasteiger partial charge in [-0.3, -0.25) is 0 Å². The highest BCUT2D eigenvalue weighted by atomic mass is 35.5. The molecule has 1 aliphatic rings. The Hall–Kier alpha value is -0.630. The minimum Gasteiger partial charge on any atom is -0.237 e. The average molecular weight is 211 g/mol. The fourth-order valence-electron chi connectivity index (χ4n) is 1.53. The number of hydrogen-bond acceptors (Lipinski definition) is 2. The second kappa shape index (κ2) is 3.50. The van der Waals surface area contributed by atoms with Crippen LogP contribution in [0.2, 0.25) is 5.15 Å². The third kappa shape index (κ3) is 1.90. The zero-order valence-electron chi connectivity index (χ0n) is 8.68. The molecule has 1 aromatic rings. The highest BCUT2D eigenvalue weighted by Crippen LogP contribution is 2.46. The van der Waals surface area contributed by atoms with Crippen LogP contribution in [0.5, 0.6) is 0 Å². The van der Waals surface area contributed by atoms with Gasteiger partial charge in [0.25, 0.3) is 0 Å². The van der Waals surface area contributed by atoms with Gasteiger partial charge in [-0.05, 0) is 25.3 Å². The van der Waals surface area contributed by atoms with E-state index in [0.717, 1.165) is 24.4 Å². The second-order valence-corrected chi connectivity index (χ2v) is 4.70. The summed E-state index contributed by atoms with van der Waals surface area (Å²) in [6.07, 6.45) is 4.48. The van der Waals surface area contributed by atoms with Crippen LogP contribution in [0.1, 0.15) is 44.6 Å². The van der Waals surface area contributed by atoms with E-state index in [0.29, 0.717) is 5.15 Å². The lowest BCUT2D eigenvalue weighted by Crippen LogP contribution is -2.08. The number of halogens is 1. The molecule has 0 spiro atoms. The predicted molar refractivity (Wildman–Crippen MR) is 57.6 cm³/mol. The number of aromatic nitrogens is 2. The highest BCUT2D eigenvalue weighted by Gasteiger charge is 2.42. The third-order valence-electron chi connectivity index (χ3n) is 2.79. The van der Waals surface area contributed by atoms with E-state index in [1.807, 2.05) is 6.07 Å². The van der Waals surface area contributed by atoms with Crippen molar-refractivity contribution in [2.45, 2.75) is 44.9 Å². The van der Waals surface area contributed by atoms with Crippen molar-refractivity contribution in [1.82, 2.24) is 9.97 Å². The van der Waals surface area contributed by atoms with E-state index < -0.39 is 0 Å². The summed E-state index contributed by atoms with van der Waals surface area (Å²) in [5.41, 5.74) is 1.29. The Morgan fingerprint density at radius 1 is 1.43 bits per heavy atom.